The molecule has 21 heavy (non-hydrogen) atoms. The van der Waals surface area contributed by atoms with Crippen molar-refractivity contribution in [2.45, 2.75) is 6.18 Å². The van der Waals surface area contributed by atoms with Gasteiger partial charge < -0.3 is 5.32 Å². The third kappa shape index (κ3) is 3.60. The van der Waals surface area contributed by atoms with Gasteiger partial charge in [0, 0.05) is 17.4 Å². The molecule has 0 saturated carbocycles. The van der Waals surface area contributed by atoms with Crippen LogP contribution in [-0.2, 0) is 6.18 Å². The van der Waals surface area contributed by atoms with E-state index in [9.17, 15) is 18.0 Å². The van der Waals surface area contributed by atoms with Gasteiger partial charge in [-0.25, -0.2) is 0 Å². The Morgan fingerprint density at radius 2 is 2.00 bits per heavy atom. The van der Waals surface area contributed by atoms with E-state index in [1.807, 2.05) is 0 Å². The molecule has 2 aromatic rings. The van der Waals surface area contributed by atoms with Crippen molar-refractivity contribution < 1.29 is 18.0 Å². The van der Waals surface area contributed by atoms with Crippen molar-refractivity contribution in [2.24, 2.45) is 0 Å². The molecule has 1 aromatic carbocycles. The fourth-order valence-corrected chi connectivity index (χ4v) is 1.59. The van der Waals surface area contributed by atoms with Gasteiger partial charge in [-0.05, 0) is 30.3 Å². The van der Waals surface area contributed by atoms with E-state index in [4.69, 9.17) is 6.42 Å². The predicted octanol–water partition coefficient (Wildman–Crippen LogP) is 3.33. The van der Waals surface area contributed by atoms with Gasteiger partial charge in [-0.3, -0.25) is 9.78 Å². The number of amides is 1. The fraction of sp³-hybridized carbons (Fsp3) is 0.0667. The van der Waals surface area contributed by atoms with Crippen LogP contribution in [0.4, 0.5) is 18.9 Å². The van der Waals surface area contributed by atoms with E-state index < -0.39 is 17.8 Å². The van der Waals surface area contributed by atoms with Gasteiger partial charge in [0.2, 0.25) is 0 Å². The van der Waals surface area contributed by atoms with Crippen molar-refractivity contribution in [3.05, 3.63) is 59.4 Å². The van der Waals surface area contributed by atoms with Gasteiger partial charge in [-0.1, -0.05) is 12.0 Å². The molecule has 0 bridgehead atoms. The Kier molecular flexibility index (Phi) is 3.94. The number of nitrogens with zero attached hydrogens (tertiary/aromatic N) is 1. The molecule has 1 amide bonds. The normalized spacial score (nSPS) is 10.8. The summed E-state index contributed by atoms with van der Waals surface area (Å²) in [6.45, 7) is 0. The number of terminal acetylenes is 1. The first-order chi connectivity index (χ1) is 9.90. The zero-order valence-corrected chi connectivity index (χ0v) is 10.6. The number of hydrogen-bond donors (Lipinski definition) is 1. The minimum Gasteiger partial charge on any atom is -0.322 e. The fourth-order valence-electron chi connectivity index (χ4n) is 1.59. The van der Waals surface area contributed by atoms with Crippen molar-refractivity contribution in [3.8, 4) is 12.3 Å². The summed E-state index contributed by atoms with van der Waals surface area (Å²) in [6, 6.07) is 8.37. The van der Waals surface area contributed by atoms with E-state index in [2.05, 4.69) is 16.2 Å². The molecule has 3 nitrogen and oxygen atoms in total. The Morgan fingerprint density at radius 3 is 2.57 bits per heavy atom. The van der Waals surface area contributed by atoms with Crippen LogP contribution in [0.15, 0.2) is 42.6 Å². The molecule has 106 valence electrons. The van der Waals surface area contributed by atoms with Crippen LogP contribution in [0.2, 0.25) is 0 Å². The monoisotopic (exact) mass is 290 g/mol. The minimum atomic E-state index is -4.53. The third-order valence-corrected chi connectivity index (χ3v) is 2.60. The quantitative estimate of drug-likeness (QED) is 0.862. The number of hydrogen-bond acceptors (Lipinski definition) is 2. The molecule has 0 aliphatic carbocycles. The standard InChI is InChI=1S/C15H9F3N2O/c1-2-10-4-3-5-12(8-10)20-14(21)11-6-7-13(19-9-11)15(16,17)18/h1,3-9H,(H,20,21). The summed E-state index contributed by atoms with van der Waals surface area (Å²) in [4.78, 5) is 15.1. The average Bonchev–Trinajstić information content (AvgIpc) is 2.46. The number of halogens is 3. The van der Waals surface area contributed by atoms with E-state index in [0.29, 0.717) is 11.3 Å². The number of anilines is 1. The SMILES string of the molecule is C#Cc1cccc(NC(=O)c2ccc(C(F)(F)F)nc2)c1. The van der Waals surface area contributed by atoms with Crippen molar-refractivity contribution in [2.75, 3.05) is 5.32 Å². The van der Waals surface area contributed by atoms with E-state index in [1.165, 1.54) is 0 Å². The lowest BCUT2D eigenvalue weighted by atomic mass is 10.2. The van der Waals surface area contributed by atoms with Crippen molar-refractivity contribution in [1.29, 1.82) is 0 Å². The molecule has 1 aromatic heterocycles. The smallest absolute Gasteiger partial charge is 0.322 e. The lowest BCUT2D eigenvalue weighted by molar-refractivity contribution is -0.141. The number of pyridine rings is 1. The Labute approximate surface area is 118 Å². The second-order valence-electron chi connectivity index (χ2n) is 4.11. The summed E-state index contributed by atoms with van der Waals surface area (Å²) in [7, 11) is 0. The van der Waals surface area contributed by atoms with Crippen LogP contribution in [-0.4, -0.2) is 10.9 Å². The van der Waals surface area contributed by atoms with Gasteiger partial charge in [0.1, 0.15) is 5.69 Å². The molecule has 0 fully saturated rings. The first-order valence-electron chi connectivity index (χ1n) is 5.81. The van der Waals surface area contributed by atoms with Crippen LogP contribution in [0.25, 0.3) is 0 Å². The molecule has 6 heteroatoms. The average molecular weight is 290 g/mol. The highest BCUT2D eigenvalue weighted by Crippen LogP contribution is 2.27. The maximum absolute atomic E-state index is 12.4. The minimum absolute atomic E-state index is 0.0223. The summed E-state index contributed by atoms with van der Waals surface area (Å²) >= 11 is 0. The first kappa shape index (κ1) is 14.6. The largest absolute Gasteiger partial charge is 0.433 e. The molecule has 0 aliphatic rings. The summed E-state index contributed by atoms with van der Waals surface area (Å²) < 4.78 is 37.1. The van der Waals surface area contributed by atoms with Crippen LogP contribution in [0.1, 0.15) is 21.6 Å². The van der Waals surface area contributed by atoms with Gasteiger partial charge in [0.15, 0.2) is 0 Å². The number of carbonyl (C=O) groups excluding carboxylic acids is 1. The second-order valence-corrected chi connectivity index (χ2v) is 4.11. The third-order valence-electron chi connectivity index (χ3n) is 2.60. The number of rotatable bonds is 2. The summed E-state index contributed by atoms with van der Waals surface area (Å²) in [5, 5.41) is 2.54. The molecule has 2 rings (SSSR count). The Morgan fingerprint density at radius 1 is 1.24 bits per heavy atom. The lowest BCUT2D eigenvalue weighted by Gasteiger charge is -2.08. The van der Waals surface area contributed by atoms with Crippen LogP contribution in [0, 0.1) is 12.3 Å². The van der Waals surface area contributed by atoms with E-state index in [-0.39, 0.29) is 5.56 Å². The number of carbonyl (C=O) groups is 1. The number of alkyl halides is 3. The maximum atomic E-state index is 12.4. The summed E-state index contributed by atoms with van der Waals surface area (Å²) in [6.07, 6.45) is 1.59. The van der Waals surface area contributed by atoms with Crippen LogP contribution in [0.5, 0.6) is 0 Å². The number of benzene rings is 1. The molecule has 1 heterocycles. The van der Waals surface area contributed by atoms with Crippen LogP contribution in [0.3, 0.4) is 0 Å². The molecule has 0 atom stereocenters. The topological polar surface area (TPSA) is 42.0 Å². The van der Waals surface area contributed by atoms with Crippen LogP contribution < -0.4 is 5.32 Å². The maximum Gasteiger partial charge on any atom is 0.433 e. The van der Waals surface area contributed by atoms with Gasteiger partial charge in [-0.15, -0.1) is 6.42 Å². The highest BCUT2D eigenvalue weighted by atomic mass is 19.4. The first-order valence-corrected chi connectivity index (χ1v) is 5.81. The molecular formula is C15H9F3N2O. The Hall–Kier alpha value is -2.81. The molecule has 0 radical (unpaired) electrons. The Bertz CT molecular complexity index is 700. The highest BCUT2D eigenvalue weighted by Gasteiger charge is 2.32. The zero-order chi connectivity index (χ0) is 15.5. The van der Waals surface area contributed by atoms with Gasteiger partial charge in [0.25, 0.3) is 5.91 Å². The number of nitrogens with one attached hydrogen (secondary N) is 1. The molecule has 0 unspecified atom stereocenters. The van der Waals surface area contributed by atoms with Crippen LogP contribution >= 0.6 is 0 Å². The predicted molar refractivity (Wildman–Crippen MR) is 71.6 cm³/mol. The lowest BCUT2D eigenvalue weighted by Crippen LogP contribution is -2.14. The molecule has 0 saturated heterocycles. The molecule has 1 N–H and O–H groups in total. The molecule has 0 spiro atoms. The zero-order valence-electron chi connectivity index (χ0n) is 10.6. The summed E-state index contributed by atoms with van der Waals surface area (Å²) in [5.74, 6) is 1.85. The van der Waals surface area contributed by atoms with Gasteiger partial charge in [-0.2, -0.15) is 13.2 Å². The van der Waals surface area contributed by atoms with Crippen molar-refractivity contribution in [1.82, 2.24) is 4.98 Å². The number of aromatic nitrogens is 1. The van der Waals surface area contributed by atoms with Gasteiger partial charge in [0.05, 0.1) is 5.56 Å². The van der Waals surface area contributed by atoms with Crippen molar-refractivity contribution in [3.63, 3.8) is 0 Å². The van der Waals surface area contributed by atoms with E-state index in [0.717, 1.165) is 18.3 Å². The van der Waals surface area contributed by atoms with Crippen molar-refractivity contribution >= 4 is 11.6 Å². The van der Waals surface area contributed by atoms with E-state index >= 15 is 0 Å². The summed E-state index contributed by atoms with van der Waals surface area (Å²) in [5.41, 5.74) is 0.0104. The Balaban J connectivity index is 2.15. The molecular weight excluding hydrogens is 281 g/mol. The van der Waals surface area contributed by atoms with E-state index in [1.54, 1.807) is 24.3 Å². The second kappa shape index (κ2) is 5.67. The van der Waals surface area contributed by atoms with Gasteiger partial charge >= 0.3 is 6.18 Å². The molecule has 0 aliphatic heterocycles. The highest BCUT2D eigenvalue weighted by molar-refractivity contribution is 6.04.